The van der Waals surface area contributed by atoms with E-state index in [1.54, 1.807) is 0 Å². The average molecular weight is 244 g/mol. The molecule has 0 aromatic heterocycles. The van der Waals surface area contributed by atoms with Gasteiger partial charge in [0.25, 0.3) is 0 Å². The van der Waals surface area contributed by atoms with Crippen molar-refractivity contribution < 1.29 is 24.1 Å². The molecule has 0 spiro atoms. The van der Waals surface area contributed by atoms with Crippen LogP contribution in [0.3, 0.4) is 0 Å². The third-order valence-corrected chi connectivity index (χ3v) is 3.53. The lowest BCUT2D eigenvalue weighted by Crippen LogP contribution is -2.40. The van der Waals surface area contributed by atoms with Crippen molar-refractivity contribution in [3.63, 3.8) is 0 Å². The minimum Gasteiger partial charge on any atom is -0.390 e. The van der Waals surface area contributed by atoms with Gasteiger partial charge in [-0.2, -0.15) is 0 Å². The number of epoxide rings is 2. The van der Waals surface area contributed by atoms with Crippen molar-refractivity contribution in [2.45, 2.75) is 49.8 Å². The van der Waals surface area contributed by atoms with Crippen molar-refractivity contribution in [3.8, 4) is 0 Å². The van der Waals surface area contributed by atoms with Crippen LogP contribution in [0.15, 0.2) is 0 Å². The normalized spacial score (nSPS) is 44.6. The second kappa shape index (κ2) is 5.20. The lowest BCUT2D eigenvalue weighted by Gasteiger charge is -2.33. The first-order valence-corrected chi connectivity index (χ1v) is 6.46. The van der Waals surface area contributed by atoms with Gasteiger partial charge >= 0.3 is 0 Å². The summed E-state index contributed by atoms with van der Waals surface area (Å²) in [5.41, 5.74) is 0. The Hall–Kier alpha value is -0.200. The van der Waals surface area contributed by atoms with Crippen molar-refractivity contribution in [1.29, 1.82) is 0 Å². The molecule has 0 bridgehead atoms. The number of hydrogen-bond donors (Lipinski definition) is 1. The molecule has 0 radical (unpaired) electrons. The van der Waals surface area contributed by atoms with Crippen LogP contribution >= 0.6 is 0 Å². The first-order valence-electron chi connectivity index (χ1n) is 6.46. The molecule has 3 fully saturated rings. The summed E-state index contributed by atoms with van der Waals surface area (Å²) in [6.45, 7) is 2.90. The molecule has 2 aliphatic heterocycles. The van der Waals surface area contributed by atoms with Crippen LogP contribution in [-0.2, 0) is 18.9 Å². The van der Waals surface area contributed by atoms with E-state index in [1.807, 2.05) is 0 Å². The second-order valence-corrected chi connectivity index (χ2v) is 5.12. The monoisotopic (exact) mass is 244 g/mol. The standard InChI is InChI=1S/C12H20O5/c13-11-2-1-8(14-4-9-5-15-9)3-12(11)17-7-10-6-16-10/h8-13H,1-7H2. The van der Waals surface area contributed by atoms with E-state index < -0.39 is 0 Å². The number of ether oxygens (including phenoxy) is 4. The fraction of sp³-hybridized carbons (Fsp3) is 1.00. The Kier molecular flexibility index (Phi) is 3.63. The zero-order valence-corrected chi connectivity index (χ0v) is 9.92. The van der Waals surface area contributed by atoms with E-state index in [1.165, 1.54) is 0 Å². The fourth-order valence-corrected chi connectivity index (χ4v) is 2.21. The molecule has 0 aromatic rings. The molecule has 2 saturated heterocycles. The van der Waals surface area contributed by atoms with Gasteiger partial charge in [-0.1, -0.05) is 0 Å². The van der Waals surface area contributed by atoms with Gasteiger partial charge in [0.05, 0.1) is 44.7 Å². The minimum atomic E-state index is -0.356. The lowest BCUT2D eigenvalue weighted by atomic mass is 9.92. The maximum absolute atomic E-state index is 9.86. The third kappa shape index (κ3) is 3.63. The van der Waals surface area contributed by atoms with Crippen LogP contribution < -0.4 is 0 Å². The fourth-order valence-electron chi connectivity index (χ4n) is 2.21. The maximum Gasteiger partial charge on any atom is 0.104 e. The van der Waals surface area contributed by atoms with Gasteiger partial charge in [0, 0.05) is 6.42 Å². The van der Waals surface area contributed by atoms with Gasteiger partial charge in [-0.25, -0.2) is 0 Å². The molecule has 1 saturated carbocycles. The van der Waals surface area contributed by atoms with Gasteiger partial charge in [-0.15, -0.1) is 0 Å². The molecule has 1 N–H and O–H groups in total. The summed E-state index contributed by atoms with van der Waals surface area (Å²) in [5, 5.41) is 9.86. The van der Waals surface area contributed by atoms with Gasteiger partial charge in [0.15, 0.2) is 0 Å². The Labute approximate surface area is 101 Å². The molecular formula is C12H20O5. The molecule has 3 rings (SSSR count). The van der Waals surface area contributed by atoms with Crippen molar-refractivity contribution in [2.75, 3.05) is 26.4 Å². The van der Waals surface area contributed by atoms with Gasteiger partial charge in [-0.3, -0.25) is 0 Å². The quantitative estimate of drug-likeness (QED) is 0.671. The molecule has 5 nitrogen and oxygen atoms in total. The molecule has 98 valence electrons. The molecule has 2 heterocycles. The molecular weight excluding hydrogens is 224 g/mol. The highest BCUT2D eigenvalue weighted by molar-refractivity contribution is 4.83. The maximum atomic E-state index is 9.86. The highest BCUT2D eigenvalue weighted by atomic mass is 16.6. The molecule has 5 unspecified atom stereocenters. The Morgan fingerprint density at radius 2 is 1.65 bits per heavy atom. The topological polar surface area (TPSA) is 63.8 Å². The average Bonchev–Trinajstić information content (AvgIpc) is 3.20. The van der Waals surface area contributed by atoms with Crippen molar-refractivity contribution in [2.24, 2.45) is 0 Å². The van der Waals surface area contributed by atoms with Crippen LogP contribution in [0.1, 0.15) is 19.3 Å². The Balaban J connectivity index is 1.40. The molecule has 0 aromatic carbocycles. The predicted molar refractivity (Wildman–Crippen MR) is 58.8 cm³/mol. The summed E-state index contributed by atoms with van der Waals surface area (Å²) in [7, 11) is 0. The number of aliphatic hydroxyl groups excluding tert-OH is 1. The van der Waals surface area contributed by atoms with E-state index in [9.17, 15) is 5.11 Å². The predicted octanol–water partition coefficient (Wildman–Crippen LogP) is 0.0992. The second-order valence-electron chi connectivity index (χ2n) is 5.12. The largest absolute Gasteiger partial charge is 0.390 e. The minimum absolute atomic E-state index is 0.0990. The Morgan fingerprint density at radius 1 is 1.00 bits per heavy atom. The third-order valence-electron chi connectivity index (χ3n) is 3.53. The lowest BCUT2D eigenvalue weighted by molar-refractivity contribution is -0.106. The first-order chi connectivity index (χ1) is 8.31. The summed E-state index contributed by atoms with van der Waals surface area (Å²) in [6, 6.07) is 0. The summed E-state index contributed by atoms with van der Waals surface area (Å²) >= 11 is 0. The van der Waals surface area contributed by atoms with Crippen LogP contribution in [-0.4, -0.2) is 62.1 Å². The molecule has 17 heavy (non-hydrogen) atoms. The molecule has 5 heteroatoms. The van der Waals surface area contributed by atoms with Gasteiger partial charge in [-0.05, 0) is 12.8 Å². The summed E-state index contributed by atoms with van der Waals surface area (Å²) in [5.74, 6) is 0. The van der Waals surface area contributed by atoms with Gasteiger partial charge in [0.2, 0.25) is 0 Å². The zero-order valence-electron chi connectivity index (χ0n) is 9.92. The highest BCUT2D eigenvalue weighted by Gasteiger charge is 2.34. The van der Waals surface area contributed by atoms with Crippen LogP contribution in [0.2, 0.25) is 0 Å². The smallest absolute Gasteiger partial charge is 0.104 e. The summed E-state index contributed by atoms with van der Waals surface area (Å²) in [4.78, 5) is 0. The van der Waals surface area contributed by atoms with Crippen molar-refractivity contribution in [1.82, 2.24) is 0 Å². The van der Waals surface area contributed by atoms with Crippen molar-refractivity contribution >= 4 is 0 Å². The summed E-state index contributed by atoms with van der Waals surface area (Å²) < 4.78 is 21.7. The Morgan fingerprint density at radius 3 is 2.29 bits per heavy atom. The number of aliphatic hydroxyl groups is 1. The van der Waals surface area contributed by atoms with Crippen LogP contribution in [0.5, 0.6) is 0 Å². The van der Waals surface area contributed by atoms with E-state index in [4.69, 9.17) is 18.9 Å². The SMILES string of the molecule is OC1CCC(OCC2CO2)CC1OCC1CO1. The van der Waals surface area contributed by atoms with Crippen molar-refractivity contribution in [3.05, 3.63) is 0 Å². The Bertz CT molecular complexity index is 251. The number of hydrogen-bond acceptors (Lipinski definition) is 5. The number of rotatable bonds is 6. The molecule has 3 aliphatic rings. The van der Waals surface area contributed by atoms with Gasteiger partial charge < -0.3 is 24.1 Å². The van der Waals surface area contributed by atoms with Crippen LogP contribution in [0.25, 0.3) is 0 Å². The van der Waals surface area contributed by atoms with Crippen LogP contribution in [0.4, 0.5) is 0 Å². The van der Waals surface area contributed by atoms with E-state index >= 15 is 0 Å². The van der Waals surface area contributed by atoms with E-state index in [-0.39, 0.29) is 24.4 Å². The highest BCUT2D eigenvalue weighted by Crippen LogP contribution is 2.26. The van der Waals surface area contributed by atoms with Gasteiger partial charge in [0.1, 0.15) is 12.2 Å². The molecule has 0 amide bonds. The molecule has 1 aliphatic carbocycles. The van der Waals surface area contributed by atoms with E-state index in [0.717, 1.165) is 32.5 Å². The van der Waals surface area contributed by atoms with E-state index in [0.29, 0.717) is 19.3 Å². The zero-order chi connectivity index (χ0) is 11.7. The summed E-state index contributed by atoms with van der Waals surface area (Å²) in [6.07, 6.45) is 2.75. The van der Waals surface area contributed by atoms with E-state index in [2.05, 4.69) is 0 Å². The molecule has 5 atom stereocenters. The van der Waals surface area contributed by atoms with Crippen LogP contribution in [0, 0.1) is 0 Å². The first kappa shape index (κ1) is 11.9.